The number of hydrogen-bond donors (Lipinski definition) is 5. The number of tetrazole rings is 1. The number of carbonyl (C=O) groups excluding carboxylic acids is 1. The number of carboxylic acid groups (broad SMARTS) is 1. The minimum Gasteiger partial charge on any atom is -0.506 e. The number of phenolic OH excluding ortho intramolecular Hbond substituents is 1. The Kier molecular flexibility index (Phi) is 3.75. The van der Waals surface area contributed by atoms with Gasteiger partial charge in [0.15, 0.2) is 5.82 Å². The Labute approximate surface area is 111 Å². The molecule has 0 radical (unpaired) electrons. The molecule has 10 nitrogen and oxygen atoms in total. The van der Waals surface area contributed by atoms with E-state index >= 15 is 0 Å². The van der Waals surface area contributed by atoms with E-state index in [0.717, 1.165) is 6.07 Å². The van der Waals surface area contributed by atoms with Crippen LogP contribution in [0.15, 0.2) is 18.2 Å². The zero-order valence-corrected chi connectivity index (χ0v) is 9.99. The molecule has 0 bridgehead atoms. The van der Waals surface area contributed by atoms with Gasteiger partial charge in [0.05, 0.1) is 17.8 Å². The van der Waals surface area contributed by atoms with Crippen molar-refractivity contribution < 1.29 is 19.8 Å². The molecule has 104 valence electrons. The molecule has 20 heavy (non-hydrogen) atoms. The number of anilines is 1. The number of aromatic nitrogens is 4. The first-order chi connectivity index (χ1) is 9.56. The largest absolute Gasteiger partial charge is 0.506 e. The predicted octanol–water partition coefficient (Wildman–Crippen LogP) is -0.0748. The molecule has 2 aromatic rings. The van der Waals surface area contributed by atoms with E-state index in [1.165, 1.54) is 12.1 Å². The molecule has 0 saturated heterocycles. The fourth-order valence-corrected chi connectivity index (χ4v) is 1.35. The van der Waals surface area contributed by atoms with Crippen molar-refractivity contribution in [1.82, 2.24) is 25.9 Å². The normalized spacial score (nSPS) is 10.0. The number of nitrogens with zero attached hydrogens (tertiary/aromatic N) is 3. The first-order valence-corrected chi connectivity index (χ1v) is 5.40. The van der Waals surface area contributed by atoms with Crippen LogP contribution in [0.3, 0.4) is 0 Å². The highest BCUT2D eigenvalue weighted by Gasteiger charge is 2.10. The van der Waals surface area contributed by atoms with Crippen LogP contribution in [0.1, 0.15) is 16.2 Å². The molecule has 2 amide bonds. The summed E-state index contributed by atoms with van der Waals surface area (Å²) in [4.78, 5) is 22.2. The van der Waals surface area contributed by atoms with Gasteiger partial charge in [0.2, 0.25) is 0 Å². The van der Waals surface area contributed by atoms with Gasteiger partial charge in [0.1, 0.15) is 5.75 Å². The predicted molar refractivity (Wildman–Crippen MR) is 65.1 cm³/mol. The lowest BCUT2D eigenvalue weighted by Gasteiger charge is -2.08. The number of benzene rings is 1. The molecule has 0 saturated carbocycles. The summed E-state index contributed by atoms with van der Waals surface area (Å²) in [6, 6.07) is 2.98. The zero-order chi connectivity index (χ0) is 14.5. The van der Waals surface area contributed by atoms with Crippen molar-refractivity contribution >= 4 is 17.7 Å². The lowest BCUT2D eigenvalue weighted by molar-refractivity contribution is 0.0696. The van der Waals surface area contributed by atoms with Crippen LogP contribution in [0, 0.1) is 0 Å². The number of phenols is 1. The van der Waals surface area contributed by atoms with Gasteiger partial charge in [-0.25, -0.2) is 9.59 Å². The van der Waals surface area contributed by atoms with Gasteiger partial charge in [-0.05, 0) is 18.2 Å². The summed E-state index contributed by atoms with van der Waals surface area (Å²) >= 11 is 0. The molecule has 1 aromatic heterocycles. The van der Waals surface area contributed by atoms with Crippen LogP contribution in [0.5, 0.6) is 5.75 Å². The summed E-state index contributed by atoms with van der Waals surface area (Å²) in [7, 11) is 0. The highest BCUT2D eigenvalue weighted by Crippen LogP contribution is 2.24. The molecular formula is C10H10N6O4. The van der Waals surface area contributed by atoms with Crippen molar-refractivity contribution in [1.29, 1.82) is 0 Å². The van der Waals surface area contributed by atoms with Gasteiger partial charge in [0, 0.05) is 0 Å². The van der Waals surface area contributed by atoms with E-state index in [9.17, 15) is 14.7 Å². The SMILES string of the molecule is O=C(NCc1nn[nH]n1)Nc1ccc(C(=O)O)cc1O. The minimum absolute atomic E-state index is 0.0519. The van der Waals surface area contributed by atoms with Crippen LogP contribution in [0.4, 0.5) is 10.5 Å². The van der Waals surface area contributed by atoms with Crippen molar-refractivity contribution in [2.45, 2.75) is 6.54 Å². The Morgan fingerprint density at radius 3 is 2.75 bits per heavy atom. The third-order valence-corrected chi connectivity index (χ3v) is 2.29. The second-order valence-electron chi connectivity index (χ2n) is 3.67. The summed E-state index contributed by atoms with van der Waals surface area (Å²) in [5.74, 6) is -1.22. The number of aromatic hydroxyl groups is 1. The Morgan fingerprint density at radius 1 is 1.35 bits per heavy atom. The average Bonchev–Trinajstić information content (AvgIpc) is 2.91. The quantitative estimate of drug-likeness (QED) is 0.490. The number of aromatic carboxylic acids is 1. The van der Waals surface area contributed by atoms with E-state index < -0.39 is 12.0 Å². The van der Waals surface area contributed by atoms with Gasteiger partial charge in [0.25, 0.3) is 0 Å². The summed E-state index contributed by atoms with van der Waals surface area (Å²) < 4.78 is 0. The topological polar surface area (TPSA) is 153 Å². The molecule has 0 unspecified atom stereocenters. The molecule has 1 aromatic carbocycles. The van der Waals surface area contributed by atoms with Gasteiger partial charge in [-0.15, -0.1) is 10.2 Å². The van der Waals surface area contributed by atoms with Crippen molar-refractivity contribution in [2.75, 3.05) is 5.32 Å². The Hall–Kier alpha value is -3.17. The van der Waals surface area contributed by atoms with Gasteiger partial charge >= 0.3 is 12.0 Å². The number of carboxylic acids is 1. The van der Waals surface area contributed by atoms with Gasteiger partial charge in [-0.1, -0.05) is 5.21 Å². The Bertz CT molecular complexity index is 627. The number of H-pyrrole nitrogens is 1. The minimum atomic E-state index is -1.17. The maximum Gasteiger partial charge on any atom is 0.335 e. The van der Waals surface area contributed by atoms with Crippen molar-refractivity contribution in [3.05, 3.63) is 29.6 Å². The molecular weight excluding hydrogens is 268 g/mol. The first-order valence-electron chi connectivity index (χ1n) is 5.40. The number of rotatable bonds is 4. The number of urea groups is 1. The molecule has 0 spiro atoms. The van der Waals surface area contributed by atoms with E-state index in [0.29, 0.717) is 5.82 Å². The number of nitrogens with one attached hydrogen (secondary N) is 3. The molecule has 5 N–H and O–H groups in total. The van der Waals surface area contributed by atoms with E-state index in [4.69, 9.17) is 5.11 Å². The molecule has 0 atom stereocenters. The Morgan fingerprint density at radius 2 is 2.15 bits per heavy atom. The third kappa shape index (κ3) is 3.19. The smallest absolute Gasteiger partial charge is 0.335 e. The fourth-order valence-electron chi connectivity index (χ4n) is 1.35. The van der Waals surface area contributed by atoms with Crippen LogP contribution in [0.25, 0.3) is 0 Å². The Balaban J connectivity index is 1.95. The summed E-state index contributed by atoms with van der Waals surface area (Å²) in [6.07, 6.45) is 0. The molecule has 0 aliphatic carbocycles. The highest BCUT2D eigenvalue weighted by molar-refractivity contribution is 5.93. The van der Waals surface area contributed by atoms with Crippen molar-refractivity contribution in [2.24, 2.45) is 0 Å². The second-order valence-corrected chi connectivity index (χ2v) is 3.67. The van der Waals surface area contributed by atoms with Crippen molar-refractivity contribution in [3.63, 3.8) is 0 Å². The average molecular weight is 278 g/mol. The number of amides is 2. The summed E-state index contributed by atoms with van der Waals surface area (Å²) in [5, 5.41) is 36.0. The molecule has 1 heterocycles. The summed E-state index contributed by atoms with van der Waals surface area (Å²) in [5.41, 5.74) is 0.000803. The van der Waals surface area contributed by atoms with E-state index in [-0.39, 0.29) is 23.5 Å². The van der Waals surface area contributed by atoms with Gasteiger partial charge < -0.3 is 20.8 Å². The van der Waals surface area contributed by atoms with Gasteiger partial charge in [-0.3, -0.25) is 0 Å². The third-order valence-electron chi connectivity index (χ3n) is 2.29. The monoisotopic (exact) mass is 278 g/mol. The molecule has 0 aliphatic rings. The fraction of sp³-hybridized carbons (Fsp3) is 0.100. The van der Waals surface area contributed by atoms with Crippen LogP contribution in [-0.4, -0.2) is 42.8 Å². The molecule has 0 fully saturated rings. The van der Waals surface area contributed by atoms with Crippen LogP contribution in [0.2, 0.25) is 0 Å². The lowest BCUT2D eigenvalue weighted by Crippen LogP contribution is -2.28. The lowest BCUT2D eigenvalue weighted by atomic mass is 10.2. The van der Waals surface area contributed by atoms with Crippen LogP contribution in [-0.2, 0) is 6.54 Å². The van der Waals surface area contributed by atoms with E-state index in [1.807, 2.05) is 0 Å². The maximum absolute atomic E-state index is 11.5. The van der Waals surface area contributed by atoms with E-state index in [2.05, 4.69) is 31.3 Å². The first kappa shape index (κ1) is 13.3. The van der Waals surface area contributed by atoms with Crippen molar-refractivity contribution in [3.8, 4) is 5.75 Å². The number of carbonyl (C=O) groups is 2. The highest BCUT2D eigenvalue weighted by atomic mass is 16.4. The standard InChI is InChI=1S/C10H10N6O4/c17-7-3-5(9(18)19)1-2-6(7)12-10(20)11-4-8-13-15-16-14-8/h1-3,17H,4H2,(H,18,19)(H2,11,12,20)(H,13,14,15,16). The molecule has 10 heteroatoms. The van der Waals surface area contributed by atoms with E-state index in [1.54, 1.807) is 0 Å². The molecule has 0 aliphatic heterocycles. The summed E-state index contributed by atoms with van der Waals surface area (Å²) in [6.45, 7) is 0.0519. The van der Waals surface area contributed by atoms with Crippen LogP contribution < -0.4 is 10.6 Å². The van der Waals surface area contributed by atoms with Crippen LogP contribution >= 0.6 is 0 Å². The second kappa shape index (κ2) is 5.65. The zero-order valence-electron chi connectivity index (χ0n) is 9.99. The number of aromatic amines is 1. The maximum atomic E-state index is 11.5. The molecule has 2 rings (SSSR count). The number of hydrogen-bond acceptors (Lipinski definition) is 6. The van der Waals surface area contributed by atoms with Gasteiger partial charge in [-0.2, -0.15) is 5.21 Å².